The number of rotatable bonds is 6. The number of hydrogen-bond acceptors (Lipinski definition) is 2. The molecule has 1 atom stereocenters. The van der Waals surface area contributed by atoms with Crippen molar-refractivity contribution in [3.63, 3.8) is 0 Å². The highest BCUT2D eigenvalue weighted by Gasteiger charge is 2.21. The molecular formula is C15H22O2. The van der Waals surface area contributed by atoms with Gasteiger partial charge in [-0.05, 0) is 11.5 Å². The van der Waals surface area contributed by atoms with Crippen LogP contribution in [-0.2, 0) is 9.53 Å². The van der Waals surface area contributed by atoms with Crippen LogP contribution < -0.4 is 0 Å². The minimum absolute atomic E-state index is 0.197. The Morgan fingerprint density at radius 2 is 1.76 bits per heavy atom. The zero-order chi connectivity index (χ0) is 12.7. The highest BCUT2D eigenvalue weighted by atomic mass is 16.5. The number of carbonyl (C=O) groups excluding carboxylic acids is 1. The van der Waals surface area contributed by atoms with Crippen molar-refractivity contribution >= 4 is 5.97 Å². The fourth-order valence-corrected chi connectivity index (χ4v) is 2.27. The molecule has 1 aromatic carbocycles. The number of carbonyl (C=O) groups is 1. The monoisotopic (exact) mass is 234 g/mol. The van der Waals surface area contributed by atoms with Gasteiger partial charge in [-0.1, -0.05) is 57.0 Å². The molecule has 0 aliphatic carbocycles. The van der Waals surface area contributed by atoms with Crippen molar-refractivity contribution in [3.05, 3.63) is 35.9 Å². The summed E-state index contributed by atoms with van der Waals surface area (Å²) >= 11 is 0. The molecular weight excluding hydrogens is 212 g/mol. The van der Waals surface area contributed by atoms with Crippen LogP contribution in [0, 0.1) is 5.92 Å². The number of hydrogen-bond donors (Lipinski definition) is 0. The van der Waals surface area contributed by atoms with Gasteiger partial charge in [-0.3, -0.25) is 4.79 Å². The van der Waals surface area contributed by atoms with Crippen molar-refractivity contribution in [2.75, 3.05) is 6.61 Å². The Kier molecular flexibility index (Phi) is 5.75. The first-order chi connectivity index (χ1) is 8.19. The molecule has 0 aliphatic rings. The predicted octanol–water partition coefficient (Wildman–Crippen LogP) is 3.77. The lowest BCUT2D eigenvalue weighted by Gasteiger charge is -2.25. The van der Waals surface area contributed by atoms with E-state index in [-0.39, 0.29) is 5.97 Å². The second-order valence-corrected chi connectivity index (χ2v) is 4.40. The summed E-state index contributed by atoms with van der Waals surface area (Å²) in [5.74, 6) is 0.684. The van der Waals surface area contributed by atoms with Gasteiger partial charge in [0.2, 0.25) is 0 Å². The van der Waals surface area contributed by atoms with Crippen LogP contribution in [0.15, 0.2) is 30.3 Å². The molecule has 0 fully saturated rings. The zero-order valence-electron chi connectivity index (χ0n) is 11.0. The van der Waals surface area contributed by atoms with Gasteiger partial charge in [-0.15, -0.1) is 0 Å². The van der Waals surface area contributed by atoms with Crippen LogP contribution in [0.2, 0.25) is 0 Å². The maximum Gasteiger partial charge on any atom is 0.302 e. The SMILES string of the molecule is CCC(CC)C(COC(C)=O)c1ccccc1. The lowest BCUT2D eigenvalue weighted by molar-refractivity contribution is -0.141. The Morgan fingerprint density at radius 1 is 1.18 bits per heavy atom. The summed E-state index contributed by atoms with van der Waals surface area (Å²) in [4.78, 5) is 11.0. The first-order valence-corrected chi connectivity index (χ1v) is 6.37. The Morgan fingerprint density at radius 3 is 2.24 bits per heavy atom. The molecule has 0 N–H and O–H groups in total. The summed E-state index contributed by atoms with van der Waals surface area (Å²) in [7, 11) is 0. The van der Waals surface area contributed by atoms with E-state index in [1.165, 1.54) is 12.5 Å². The van der Waals surface area contributed by atoms with Crippen LogP contribution in [0.25, 0.3) is 0 Å². The lowest BCUT2D eigenvalue weighted by Crippen LogP contribution is -2.19. The molecule has 0 bridgehead atoms. The van der Waals surface area contributed by atoms with E-state index in [9.17, 15) is 4.79 Å². The smallest absolute Gasteiger partial charge is 0.302 e. The third-order valence-electron chi connectivity index (χ3n) is 3.31. The molecule has 0 spiro atoms. The molecule has 0 saturated carbocycles. The second kappa shape index (κ2) is 7.10. The fourth-order valence-electron chi connectivity index (χ4n) is 2.27. The van der Waals surface area contributed by atoms with Crippen LogP contribution in [0.4, 0.5) is 0 Å². The largest absolute Gasteiger partial charge is 0.465 e. The van der Waals surface area contributed by atoms with Gasteiger partial charge in [-0.2, -0.15) is 0 Å². The van der Waals surface area contributed by atoms with Crippen LogP contribution in [0.5, 0.6) is 0 Å². The van der Waals surface area contributed by atoms with Gasteiger partial charge >= 0.3 is 5.97 Å². The number of esters is 1. The van der Waals surface area contributed by atoms with Crippen LogP contribution >= 0.6 is 0 Å². The van der Waals surface area contributed by atoms with E-state index >= 15 is 0 Å². The van der Waals surface area contributed by atoms with E-state index in [0.717, 1.165) is 12.8 Å². The summed E-state index contributed by atoms with van der Waals surface area (Å²) in [5.41, 5.74) is 1.27. The van der Waals surface area contributed by atoms with E-state index in [4.69, 9.17) is 4.74 Å². The maximum absolute atomic E-state index is 11.0. The van der Waals surface area contributed by atoms with Gasteiger partial charge in [0.15, 0.2) is 0 Å². The van der Waals surface area contributed by atoms with Crippen molar-refractivity contribution in [3.8, 4) is 0 Å². The molecule has 0 aliphatic heterocycles. The van der Waals surface area contributed by atoms with E-state index in [2.05, 4.69) is 26.0 Å². The van der Waals surface area contributed by atoms with Crippen molar-refractivity contribution in [2.45, 2.75) is 39.5 Å². The molecule has 1 aromatic rings. The number of ether oxygens (including phenoxy) is 1. The van der Waals surface area contributed by atoms with Crippen LogP contribution in [0.3, 0.4) is 0 Å². The van der Waals surface area contributed by atoms with Gasteiger partial charge in [0.1, 0.15) is 0 Å². The molecule has 2 heteroatoms. The minimum Gasteiger partial charge on any atom is -0.465 e. The van der Waals surface area contributed by atoms with Gasteiger partial charge in [-0.25, -0.2) is 0 Å². The standard InChI is InChI=1S/C15H22O2/c1-4-13(5-2)15(11-17-12(3)16)14-9-7-6-8-10-14/h6-10,13,15H,4-5,11H2,1-3H3. The second-order valence-electron chi connectivity index (χ2n) is 4.40. The quantitative estimate of drug-likeness (QED) is 0.700. The van der Waals surface area contributed by atoms with Gasteiger partial charge in [0, 0.05) is 12.8 Å². The predicted molar refractivity (Wildman–Crippen MR) is 69.9 cm³/mol. The third kappa shape index (κ3) is 4.22. The molecule has 0 saturated heterocycles. The molecule has 1 unspecified atom stereocenters. The fraction of sp³-hybridized carbons (Fsp3) is 0.533. The average Bonchev–Trinajstić information content (AvgIpc) is 2.35. The molecule has 0 radical (unpaired) electrons. The van der Waals surface area contributed by atoms with Crippen molar-refractivity contribution < 1.29 is 9.53 Å². The van der Waals surface area contributed by atoms with Crippen molar-refractivity contribution in [2.24, 2.45) is 5.92 Å². The highest BCUT2D eigenvalue weighted by molar-refractivity contribution is 5.65. The Labute approximate surface area is 104 Å². The summed E-state index contributed by atoms with van der Waals surface area (Å²) in [5, 5.41) is 0. The summed E-state index contributed by atoms with van der Waals surface area (Å²) in [6, 6.07) is 10.3. The Balaban J connectivity index is 2.81. The summed E-state index contributed by atoms with van der Waals surface area (Å²) < 4.78 is 5.20. The molecule has 0 aromatic heterocycles. The molecule has 1 rings (SSSR count). The Bertz CT molecular complexity index is 328. The third-order valence-corrected chi connectivity index (χ3v) is 3.31. The van der Waals surface area contributed by atoms with Gasteiger partial charge in [0.25, 0.3) is 0 Å². The van der Waals surface area contributed by atoms with Crippen LogP contribution in [0.1, 0.15) is 45.1 Å². The summed E-state index contributed by atoms with van der Waals surface area (Å²) in [6.45, 7) is 6.34. The van der Waals surface area contributed by atoms with E-state index in [1.807, 2.05) is 18.2 Å². The van der Waals surface area contributed by atoms with Gasteiger partial charge in [0.05, 0.1) is 6.61 Å². The first kappa shape index (κ1) is 13.8. The highest BCUT2D eigenvalue weighted by Crippen LogP contribution is 2.29. The topological polar surface area (TPSA) is 26.3 Å². The Hall–Kier alpha value is -1.31. The van der Waals surface area contributed by atoms with Crippen LogP contribution in [-0.4, -0.2) is 12.6 Å². The van der Waals surface area contributed by atoms with E-state index in [0.29, 0.717) is 18.4 Å². The molecule has 17 heavy (non-hydrogen) atoms. The minimum atomic E-state index is -0.197. The van der Waals surface area contributed by atoms with Crippen molar-refractivity contribution in [1.82, 2.24) is 0 Å². The molecule has 0 heterocycles. The zero-order valence-corrected chi connectivity index (χ0v) is 11.0. The first-order valence-electron chi connectivity index (χ1n) is 6.37. The van der Waals surface area contributed by atoms with Gasteiger partial charge < -0.3 is 4.74 Å². The van der Waals surface area contributed by atoms with Crippen molar-refractivity contribution in [1.29, 1.82) is 0 Å². The normalized spacial score (nSPS) is 12.5. The molecule has 0 amide bonds. The van der Waals surface area contributed by atoms with E-state index in [1.54, 1.807) is 0 Å². The molecule has 94 valence electrons. The number of benzene rings is 1. The van der Waals surface area contributed by atoms with E-state index < -0.39 is 0 Å². The molecule has 2 nitrogen and oxygen atoms in total. The average molecular weight is 234 g/mol. The lowest BCUT2D eigenvalue weighted by atomic mass is 9.83. The maximum atomic E-state index is 11.0. The summed E-state index contributed by atoms with van der Waals surface area (Å²) in [6.07, 6.45) is 2.22.